The third-order valence-electron chi connectivity index (χ3n) is 8.40. The molecule has 2 N–H and O–H groups in total. The van der Waals surface area contributed by atoms with Gasteiger partial charge < -0.3 is 20.4 Å². The Morgan fingerprint density at radius 1 is 0.976 bits per heavy atom. The van der Waals surface area contributed by atoms with E-state index in [1.807, 2.05) is 112 Å². The van der Waals surface area contributed by atoms with Gasteiger partial charge in [-0.3, -0.25) is 19.3 Å². The first-order valence-corrected chi connectivity index (χ1v) is 15.2. The lowest BCUT2D eigenvalue weighted by molar-refractivity contribution is -0.142. The fraction of sp³-hybridized carbons (Fsp3) is 0.559. The molecule has 0 aromatic heterocycles. The first-order chi connectivity index (χ1) is 19.9. The monoisotopic (exact) mass is 577 g/mol. The van der Waals surface area contributed by atoms with Gasteiger partial charge in [0.05, 0.1) is 12.1 Å². The molecule has 8 nitrogen and oxygen atoms in total. The Labute approximate surface area is 252 Å². The van der Waals surface area contributed by atoms with Gasteiger partial charge in [-0.1, -0.05) is 81.4 Å². The molecule has 4 atom stereocenters. The zero-order valence-corrected chi connectivity index (χ0v) is 26.6. The molecule has 42 heavy (non-hydrogen) atoms. The predicted molar refractivity (Wildman–Crippen MR) is 169 cm³/mol. The Bertz CT molecular complexity index is 1150. The molecule has 0 saturated carbocycles. The summed E-state index contributed by atoms with van der Waals surface area (Å²) in [6.07, 6.45) is 3.02. The summed E-state index contributed by atoms with van der Waals surface area (Å²) in [7, 11) is 5.54. The van der Waals surface area contributed by atoms with Crippen LogP contribution in [0.3, 0.4) is 0 Å². The second kappa shape index (κ2) is 15.3. The SMILES string of the molecule is CN[C@H](Cc1ccccc1)C(=O)N(CCc1ccccc1)C[C@@H]1CCCN1C(=O)[C@@H](NC(=O)[C@H](C)N(C)C)C(C)(C)C. The van der Waals surface area contributed by atoms with E-state index in [4.69, 9.17) is 0 Å². The van der Waals surface area contributed by atoms with Crippen LogP contribution in [0.15, 0.2) is 60.7 Å². The Kier molecular flexibility index (Phi) is 12.1. The van der Waals surface area contributed by atoms with Gasteiger partial charge in [-0.2, -0.15) is 0 Å². The maximum absolute atomic E-state index is 14.1. The van der Waals surface area contributed by atoms with Crippen LogP contribution < -0.4 is 10.6 Å². The lowest BCUT2D eigenvalue weighted by Gasteiger charge is -2.38. The quantitative estimate of drug-likeness (QED) is 0.382. The molecule has 0 bridgehead atoms. The number of hydrogen-bond acceptors (Lipinski definition) is 5. The molecule has 0 spiro atoms. The fourth-order valence-corrected chi connectivity index (χ4v) is 5.47. The van der Waals surface area contributed by atoms with Crippen LogP contribution in [0.4, 0.5) is 0 Å². The van der Waals surface area contributed by atoms with Crippen molar-refractivity contribution in [3.8, 4) is 0 Å². The minimum Gasteiger partial charge on any atom is -0.342 e. The normalized spacial score (nSPS) is 17.5. The van der Waals surface area contributed by atoms with Gasteiger partial charge in [-0.25, -0.2) is 0 Å². The molecular weight excluding hydrogens is 526 g/mol. The Balaban J connectivity index is 1.82. The molecular formula is C34H51N5O3. The van der Waals surface area contributed by atoms with E-state index < -0.39 is 11.5 Å². The number of rotatable bonds is 13. The number of likely N-dealkylation sites (tertiary alicyclic amines) is 1. The molecule has 1 heterocycles. The lowest BCUT2D eigenvalue weighted by atomic mass is 9.85. The standard InChI is InChI=1S/C34H51N5O3/c1-25(37(6)7)31(40)36-30(34(2,3)4)33(42)39-21-14-19-28(39)24-38(22-20-26-15-10-8-11-16-26)32(41)29(35-5)23-27-17-12-9-13-18-27/h8-13,15-18,25,28-30,35H,14,19-24H2,1-7H3,(H,36,40)/t25-,28-,29+,30+/m0/s1. The molecule has 2 aromatic rings. The lowest BCUT2D eigenvalue weighted by Crippen LogP contribution is -2.59. The Morgan fingerprint density at radius 3 is 2.12 bits per heavy atom. The Hall–Kier alpha value is -3.23. The van der Waals surface area contributed by atoms with Gasteiger partial charge in [0.15, 0.2) is 0 Å². The van der Waals surface area contributed by atoms with E-state index in [-0.39, 0.29) is 35.8 Å². The highest BCUT2D eigenvalue weighted by Crippen LogP contribution is 2.27. The number of nitrogens with one attached hydrogen (secondary N) is 2. The molecule has 0 radical (unpaired) electrons. The second-order valence-corrected chi connectivity index (χ2v) is 12.8. The number of nitrogens with zero attached hydrogens (tertiary/aromatic N) is 3. The van der Waals surface area contributed by atoms with E-state index in [0.717, 1.165) is 24.8 Å². The van der Waals surface area contributed by atoms with Gasteiger partial charge in [0, 0.05) is 25.7 Å². The van der Waals surface area contributed by atoms with Crippen molar-refractivity contribution in [1.82, 2.24) is 25.3 Å². The minimum atomic E-state index is -0.662. The Morgan fingerprint density at radius 2 is 1.57 bits per heavy atom. The van der Waals surface area contributed by atoms with Crippen molar-refractivity contribution in [1.29, 1.82) is 0 Å². The maximum atomic E-state index is 14.1. The third kappa shape index (κ3) is 9.13. The average molecular weight is 578 g/mol. The van der Waals surface area contributed by atoms with Crippen LogP contribution in [0.5, 0.6) is 0 Å². The molecule has 0 unspecified atom stereocenters. The number of amides is 3. The summed E-state index contributed by atoms with van der Waals surface area (Å²) in [6, 6.07) is 18.7. The third-order valence-corrected chi connectivity index (χ3v) is 8.40. The first-order valence-electron chi connectivity index (χ1n) is 15.2. The van der Waals surface area contributed by atoms with Crippen LogP contribution >= 0.6 is 0 Å². The van der Waals surface area contributed by atoms with Crippen LogP contribution in [0.2, 0.25) is 0 Å². The highest BCUT2D eigenvalue weighted by Gasteiger charge is 2.41. The number of hydrogen-bond donors (Lipinski definition) is 2. The van der Waals surface area contributed by atoms with Gasteiger partial charge in [0.1, 0.15) is 6.04 Å². The summed E-state index contributed by atoms with van der Waals surface area (Å²) >= 11 is 0. The van der Waals surface area contributed by atoms with Gasteiger partial charge in [0.2, 0.25) is 17.7 Å². The van der Waals surface area contributed by atoms with Gasteiger partial charge >= 0.3 is 0 Å². The molecule has 1 saturated heterocycles. The van der Waals surface area contributed by atoms with Gasteiger partial charge in [-0.15, -0.1) is 0 Å². The maximum Gasteiger partial charge on any atom is 0.246 e. The van der Waals surface area contributed by atoms with Crippen LogP contribution in [-0.2, 0) is 27.2 Å². The summed E-state index contributed by atoms with van der Waals surface area (Å²) < 4.78 is 0. The summed E-state index contributed by atoms with van der Waals surface area (Å²) in [5.41, 5.74) is 1.80. The summed E-state index contributed by atoms with van der Waals surface area (Å²) in [4.78, 5) is 46.8. The van der Waals surface area contributed by atoms with Crippen LogP contribution in [0, 0.1) is 5.41 Å². The topological polar surface area (TPSA) is 85.0 Å². The van der Waals surface area contributed by atoms with Crippen molar-refractivity contribution in [2.75, 3.05) is 40.8 Å². The number of benzene rings is 2. The van der Waals surface area contributed by atoms with Gasteiger partial charge in [0.25, 0.3) is 0 Å². The van der Waals surface area contributed by atoms with Crippen molar-refractivity contribution in [2.45, 2.75) is 77.5 Å². The molecule has 0 aliphatic carbocycles. The predicted octanol–water partition coefficient (Wildman–Crippen LogP) is 3.36. The first kappa shape index (κ1) is 33.3. The molecule has 3 rings (SSSR count). The second-order valence-electron chi connectivity index (χ2n) is 12.8. The van der Waals surface area contributed by atoms with Crippen molar-refractivity contribution < 1.29 is 14.4 Å². The summed E-state index contributed by atoms with van der Waals surface area (Å²) in [5, 5.41) is 6.29. The van der Waals surface area contributed by atoms with Crippen molar-refractivity contribution in [3.05, 3.63) is 71.8 Å². The minimum absolute atomic E-state index is 0.0389. The molecule has 8 heteroatoms. The fourth-order valence-electron chi connectivity index (χ4n) is 5.47. The molecule has 3 amide bonds. The largest absolute Gasteiger partial charge is 0.342 e. The van der Waals surface area contributed by atoms with E-state index in [0.29, 0.717) is 26.1 Å². The number of likely N-dealkylation sites (N-methyl/N-ethyl adjacent to an activating group) is 2. The van der Waals surface area contributed by atoms with Crippen LogP contribution in [0.25, 0.3) is 0 Å². The molecule has 1 aliphatic heterocycles. The number of carbonyl (C=O) groups excluding carboxylic acids is 3. The molecule has 1 fully saturated rings. The van der Waals surface area contributed by atoms with E-state index in [1.165, 1.54) is 5.56 Å². The van der Waals surface area contributed by atoms with Gasteiger partial charge in [-0.05, 0) is 70.3 Å². The molecule has 1 aliphatic rings. The van der Waals surface area contributed by atoms with E-state index >= 15 is 0 Å². The summed E-state index contributed by atoms with van der Waals surface area (Å²) in [6.45, 7) is 9.43. The van der Waals surface area contributed by atoms with Crippen molar-refractivity contribution in [3.63, 3.8) is 0 Å². The highest BCUT2D eigenvalue weighted by molar-refractivity contribution is 5.90. The molecule has 230 valence electrons. The summed E-state index contributed by atoms with van der Waals surface area (Å²) in [5.74, 6) is -0.201. The zero-order chi connectivity index (χ0) is 30.9. The van der Waals surface area contributed by atoms with Crippen molar-refractivity contribution in [2.24, 2.45) is 5.41 Å². The van der Waals surface area contributed by atoms with Crippen molar-refractivity contribution >= 4 is 17.7 Å². The van der Waals surface area contributed by atoms with E-state index in [2.05, 4.69) is 22.8 Å². The van der Waals surface area contributed by atoms with E-state index in [9.17, 15) is 14.4 Å². The molecule has 2 aromatic carbocycles. The van der Waals surface area contributed by atoms with E-state index in [1.54, 1.807) is 0 Å². The smallest absolute Gasteiger partial charge is 0.246 e. The highest BCUT2D eigenvalue weighted by atomic mass is 16.2. The number of carbonyl (C=O) groups is 3. The van der Waals surface area contributed by atoms with Crippen LogP contribution in [0.1, 0.15) is 51.7 Å². The average Bonchev–Trinajstić information content (AvgIpc) is 3.44. The zero-order valence-electron chi connectivity index (χ0n) is 26.6. The van der Waals surface area contributed by atoms with Crippen LogP contribution in [-0.4, -0.2) is 97.4 Å².